The average molecular weight is 490 g/mol. The zero-order valence-electron chi connectivity index (χ0n) is 20.5. The van der Waals surface area contributed by atoms with Crippen LogP contribution in [-0.2, 0) is 9.47 Å². The summed E-state index contributed by atoms with van der Waals surface area (Å²) in [6.45, 7) is 0. The summed E-state index contributed by atoms with van der Waals surface area (Å²) in [4.78, 5) is 25.6. The molecule has 4 aromatic rings. The molecule has 0 aliphatic heterocycles. The van der Waals surface area contributed by atoms with Crippen molar-refractivity contribution in [2.24, 2.45) is 0 Å². The molecule has 0 bridgehead atoms. The summed E-state index contributed by atoms with van der Waals surface area (Å²) in [5.74, 6) is 0.521. The van der Waals surface area contributed by atoms with Crippen molar-refractivity contribution < 1.29 is 14.3 Å². The number of hydrogen-bond donors (Lipinski definition) is 3. The molecule has 1 amide bonds. The van der Waals surface area contributed by atoms with E-state index in [9.17, 15) is 4.79 Å². The Kier molecular flexibility index (Phi) is 6.06. The minimum atomic E-state index is -0.0901. The molecule has 0 atom stereocenters. The fourth-order valence-electron chi connectivity index (χ4n) is 5.30. The molecule has 0 aromatic carbocycles. The Morgan fingerprint density at radius 1 is 1.08 bits per heavy atom. The molecular formula is C26H31N7O3. The number of aromatic amines is 1. The Bertz CT molecular complexity index is 1380. The standard InChI is InChI=1S/C26H31N7O3/c1-35-18-5-3-16(4-6-18)30-25(34)22-14-29-33-8-7-15(9-23(22)33)20-12-27-24-21(20)13-28-26(32-24)31-17-10-19(11-17)36-2/h7-9,12-14,16-19H,3-6,10-11H2,1-2H3,(H,30,34)(H2,27,28,31,32). The lowest BCUT2D eigenvalue weighted by atomic mass is 9.89. The largest absolute Gasteiger partial charge is 0.381 e. The number of amides is 1. The van der Waals surface area contributed by atoms with Crippen molar-refractivity contribution >= 4 is 28.4 Å². The molecule has 0 radical (unpaired) electrons. The summed E-state index contributed by atoms with van der Waals surface area (Å²) in [5, 5.41) is 11.9. The van der Waals surface area contributed by atoms with Crippen molar-refractivity contribution in [1.82, 2.24) is 29.9 Å². The Labute approximate surface area is 208 Å². The van der Waals surface area contributed by atoms with Crippen molar-refractivity contribution in [1.29, 1.82) is 0 Å². The Morgan fingerprint density at radius 2 is 1.89 bits per heavy atom. The van der Waals surface area contributed by atoms with Crippen molar-refractivity contribution in [2.45, 2.75) is 62.8 Å². The Morgan fingerprint density at radius 3 is 2.67 bits per heavy atom. The third-order valence-electron chi connectivity index (χ3n) is 7.61. The fraction of sp³-hybridized carbons (Fsp3) is 0.462. The molecular weight excluding hydrogens is 458 g/mol. The summed E-state index contributed by atoms with van der Waals surface area (Å²) in [6.07, 6.45) is 13.6. The highest BCUT2D eigenvalue weighted by molar-refractivity contribution is 6.02. The molecule has 36 heavy (non-hydrogen) atoms. The van der Waals surface area contributed by atoms with Gasteiger partial charge in [-0.3, -0.25) is 4.79 Å². The van der Waals surface area contributed by atoms with Crippen LogP contribution in [-0.4, -0.2) is 69.0 Å². The van der Waals surface area contributed by atoms with Crippen LogP contribution in [0.3, 0.4) is 0 Å². The van der Waals surface area contributed by atoms with Gasteiger partial charge in [0, 0.05) is 55.8 Å². The van der Waals surface area contributed by atoms with Crippen LogP contribution in [0.15, 0.2) is 36.9 Å². The van der Waals surface area contributed by atoms with E-state index >= 15 is 0 Å². The Hall–Kier alpha value is -3.50. The van der Waals surface area contributed by atoms with Gasteiger partial charge in [-0.15, -0.1) is 0 Å². The highest BCUT2D eigenvalue weighted by Gasteiger charge is 2.29. The first-order valence-electron chi connectivity index (χ1n) is 12.6. The molecule has 0 saturated heterocycles. The third-order valence-corrected chi connectivity index (χ3v) is 7.61. The van der Waals surface area contributed by atoms with Crippen LogP contribution in [0.4, 0.5) is 5.95 Å². The first-order chi connectivity index (χ1) is 17.6. The predicted octanol–water partition coefficient (Wildman–Crippen LogP) is 3.55. The zero-order valence-corrected chi connectivity index (χ0v) is 20.5. The lowest BCUT2D eigenvalue weighted by Gasteiger charge is -2.34. The number of carbonyl (C=O) groups is 1. The quantitative estimate of drug-likeness (QED) is 0.363. The average Bonchev–Trinajstić information content (AvgIpc) is 3.50. The van der Waals surface area contributed by atoms with E-state index in [0.717, 1.165) is 66.2 Å². The molecule has 10 nitrogen and oxygen atoms in total. The van der Waals surface area contributed by atoms with Crippen LogP contribution in [0.5, 0.6) is 0 Å². The van der Waals surface area contributed by atoms with Crippen LogP contribution >= 0.6 is 0 Å². The van der Waals surface area contributed by atoms with Gasteiger partial charge in [-0.1, -0.05) is 0 Å². The molecule has 6 rings (SSSR count). The van der Waals surface area contributed by atoms with Crippen molar-refractivity contribution in [2.75, 3.05) is 19.5 Å². The minimum absolute atomic E-state index is 0.0901. The predicted molar refractivity (Wildman–Crippen MR) is 136 cm³/mol. The van der Waals surface area contributed by atoms with Crippen molar-refractivity contribution in [3.05, 3.63) is 42.5 Å². The maximum absolute atomic E-state index is 13.1. The fourth-order valence-corrected chi connectivity index (χ4v) is 5.30. The molecule has 2 fully saturated rings. The second-order valence-electron chi connectivity index (χ2n) is 9.81. The van der Waals surface area contributed by atoms with E-state index in [1.165, 1.54) is 0 Å². The van der Waals surface area contributed by atoms with Gasteiger partial charge in [0.05, 0.1) is 29.5 Å². The number of pyridine rings is 1. The molecule has 0 unspecified atom stereocenters. The lowest BCUT2D eigenvalue weighted by Crippen LogP contribution is -2.40. The number of anilines is 1. The van der Waals surface area contributed by atoms with Gasteiger partial charge >= 0.3 is 0 Å². The minimum Gasteiger partial charge on any atom is -0.381 e. The first kappa shape index (κ1) is 22.9. The van der Waals surface area contributed by atoms with Crippen LogP contribution in [0.25, 0.3) is 27.7 Å². The van der Waals surface area contributed by atoms with E-state index in [2.05, 4.69) is 30.7 Å². The molecule has 3 N–H and O–H groups in total. The van der Waals surface area contributed by atoms with E-state index < -0.39 is 0 Å². The van der Waals surface area contributed by atoms with Crippen molar-refractivity contribution in [3.63, 3.8) is 0 Å². The van der Waals surface area contributed by atoms with Gasteiger partial charge in [0.15, 0.2) is 0 Å². The number of carbonyl (C=O) groups excluding carboxylic acids is 1. The maximum atomic E-state index is 13.1. The summed E-state index contributed by atoms with van der Waals surface area (Å²) < 4.78 is 12.5. The van der Waals surface area contributed by atoms with Gasteiger partial charge in [-0.25, -0.2) is 9.50 Å². The number of nitrogens with zero attached hydrogens (tertiary/aromatic N) is 4. The maximum Gasteiger partial charge on any atom is 0.255 e. The van der Waals surface area contributed by atoms with Gasteiger partial charge in [0.2, 0.25) is 5.95 Å². The van der Waals surface area contributed by atoms with Gasteiger partial charge in [-0.05, 0) is 56.2 Å². The number of aromatic nitrogens is 5. The molecule has 2 aliphatic rings. The third kappa shape index (κ3) is 4.31. The highest BCUT2D eigenvalue weighted by atomic mass is 16.5. The van der Waals surface area contributed by atoms with E-state index in [4.69, 9.17) is 9.47 Å². The zero-order chi connectivity index (χ0) is 24.6. The summed E-state index contributed by atoms with van der Waals surface area (Å²) >= 11 is 0. The molecule has 10 heteroatoms. The van der Waals surface area contributed by atoms with Gasteiger partial charge in [0.1, 0.15) is 5.65 Å². The van der Waals surface area contributed by atoms with Crippen LogP contribution < -0.4 is 10.6 Å². The number of ether oxygens (including phenoxy) is 2. The Balaban J connectivity index is 1.21. The molecule has 0 spiro atoms. The number of hydrogen-bond acceptors (Lipinski definition) is 7. The van der Waals surface area contributed by atoms with Crippen molar-refractivity contribution in [3.8, 4) is 11.1 Å². The second-order valence-corrected chi connectivity index (χ2v) is 9.81. The lowest BCUT2D eigenvalue weighted by molar-refractivity contribution is 0.0327. The second kappa shape index (κ2) is 9.51. The van der Waals surface area contributed by atoms with Crippen LogP contribution in [0.1, 0.15) is 48.9 Å². The number of methoxy groups -OCH3 is 2. The van der Waals surface area contributed by atoms with Crippen LogP contribution in [0.2, 0.25) is 0 Å². The summed E-state index contributed by atoms with van der Waals surface area (Å²) in [7, 11) is 3.50. The van der Waals surface area contributed by atoms with Gasteiger partial charge < -0.3 is 25.1 Å². The smallest absolute Gasteiger partial charge is 0.255 e. The topological polar surface area (TPSA) is 118 Å². The molecule has 188 valence electrons. The number of H-pyrrole nitrogens is 1. The summed E-state index contributed by atoms with van der Waals surface area (Å²) in [6, 6.07) is 4.49. The normalized spacial score (nSPS) is 24.1. The van der Waals surface area contributed by atoms with Gasteiger partial charge in [-0.2, -0.15) is 10.1 Å². The number of nitrogens with one attached hydrogen (secondary N) is 3. The molecule has 4 heterocycles. The molecule has 2 aliphatic carbocycles. The van der Waals surface area contributed by atoms with E-state index in [-0.39, 0.29) is 11.9 Å². The van der Waals surface area contributed by atoms with E-state index in [1.807, 2.05) is 30.7 Å². The number of fused-ring (bicyclic) bond motifs is 2. The highest BCUT2D eigenvalue weighted by Crippen LogP contribution is 2.31. The molecule has 4 aromatic heterocycles. The summed E-state index contributed by atoms with van der Waals surface area (Å²) in [5.41, 5.74) is 4.05. The SMILES string of the molecule is COC1CCC(NC(=O)c2cnn3ccc(-c4c[nH]c5nc(NC6CC(OC)C6)ncc45)cc23)CC1. The number of rotatable bonds is 7. The van der Waals surface area contributed by atoms with E-state index in [1.54, 1.807) is 24.9 Å². The van der Waals surface area contributed by atoms with Crippen LogP contribution in [0, 0.1) is 0 Å². The monoisotopic (exact) mass is 489 g/mol. The van der Waals surface area contributed by atoms with E-state index in [0.29, 0.717) is 29.8 Å². The first-order valence-corrected chi connectivity index (χ1v) is 12.6. The van der Waals surface area contributed by atoms with Gasteiger partial charge in [0.25, 0.3) is 5.91 Å². The molecule has 2 saturated carbocycles.